The van der Waals surface area contributed by atoms with Crippen LogP contribution in [0.2, 0.25) is 0 Å². The number of aromatic nitrogens is 1. The number of ether oxygens (including phenoxy) is 2. The van der Waals surface area contributed by atoms with Crippen molar-refractivity contribution >= 4 is 11.7 Å². The van der Waals surface area contributed by atoms with Crippen LogP contribution in [0.5, 0.6) is 0 Å². The zero-order valence-electron chi connectivity index (χ0n) is 11.9. The molecule has 0 bridgehead atoms. The number of anilines is 1. The molecule has 0 aromatic carbocycles. The molecule has 110 valence electrons. The normalized spacial score (nSPS) is 21.7. The van der Waals surface area contributed by atoms with E-state index in [0.717, 1.165) is 18.8 Å². The Morgan fingerprint density at radius 1 is 1.55 bits per heavy atom. The first kappa shape index (κ1) is 14.7. The summed E-state index contributed by atoms with van der Waals surface area (Å²) in [6, 6.07) is 3.55. The van der Waals surface area contributed by atoms with Crippen LogP contribution < -0.4 is 10.6 Å². The number of rotatable bonds is 6. The highest BCUT2D eigenvalue weighted by molar-refractivity contribution is 5.94. The van der Waals surface area contributed by atoms with Gasteiger partial charge in [0.2, 0.25) is 0 Å². The van der Waals surface area contributed by atoms with Crippen molar-refractivity contribution in [2.45, 2.75) is 18.9 Å². The Morgan fingerprint density at radius 3 is 2.95 bits per heavy atom. The van der Waals surface area contributed by atoms with Crippen molar-refractivity contribution < 1.29 is 14.3 Å². The lowest BCUT2D eigenvalue weighted by Crippen LogP contribution is -2.45. The van der Waals surface area contributed by atoms with Gasteiger partial charge in [-0.1, -0.05) is 0 Å². The maximum atomic E-state index is 12.1. The predicted octanol–water partition coefficient (Wildman–Crippen LogP) is 1.05. The lowest BCUT2D eigenvalue weighted by Gasteiger charge is -2.25. The quantitative estimate of drug-likeness (QED) is 0.814. The summed E-state index contributed by atoms with van der Waals surface area (Å²) in [6.07, 6.45) is 2.36. The third kappa shape index (κ3) is 3.46. The van der Waals surface area contributed by atoms with Gasteiger partial charge in [0.05, 0.1) is 12.2 Å². The van der Waals surface area contributed by atoms with E-state index in [0.29, 0.717) is 25.3 Å². The molecule has 6 nitrogen and oxygen atoms in total. The number of amides is 1. The fraction of sp³-hybridized carbons (Fsp3) is 0.571. The highest BCUT2D eigenvalue weighted by Gasteiger charge is 2.35. The molecule has 0 aliphatic carbocycles. The monoisotopic (exact) mass is 279 g/mol. The standard InChI is InChI=1S/C14H21N3O3/c1-3-15-12-5-4-11(8-16-12)13(18)17-9-14(19-2)6-7-20-10-14/h4-5,8H,3,6-7,9-10H2,1-2H3,(H,15,16)(H,17,18). The van der Waals surface area contributed by atoms with Crippen LogP contribution in [0.4, 0.5) is 5.82 Å². The maximum absolute atomic E-state index is 12.1. The van der Waals surface area contributed by atoms with E-state index >= 15 is 0 Å². The first-order valence-corrected chi connectivity index (χ1v) is 6.80. The molecule has 1 atom stereocenters. The Labute approximate surface area is 118 Å². The number of hydrogen-bond donors (Lipinski definition) is 2. The SMILES string of the molecule is CCNc1ccc(C(=O)NCC2(OC)CCOC2)cn1. The zero-order valence-corrected chi connectivity index (χ0v) is 11.9. The molecule has 1 aromatic heterocycles. The van der Waals surface area contributed by atoms with Crippen molar-refractivity contribution in [2.75, 3.05) is 38.7 Å². The molecule has 1 fully saturated rings. The summed E-state index contributed by atoms with van der Waals surface area (Å²) >= 11 is 0. The van der Waals surface area contributed by atoms with Gasteiger partial charge >= 0.3 is 0 Å². The summed E-state index contributed by atoms with van der Waals surface area (Å²) in [5, 5.41) is 5.97. The van der Waals surface area contributed by atoms with E-state index in [1.807, 2.05) is 6.92 Å². The lowest BCUT2D eigenvalue weighted by atomic mass is 10.0. The lowest BCUT2D eigenvalue weighted by molar-refractivity contribution is -0.0148. The molecular weight excluding hydrogens is 258 g/mol. The first-order chi connectivity index (χ1) is 9.69. The minimum Gasteiger partial charge on any atom is -0.378 e. The van der Waals surface area contributed by atoms with Crippen molar-refractivity contribution in [1.82, 2.24) is 10.3 Å². The molecule has 0 radical (unpaired) electrons. The predicted molar refractivity (Wildman–Crippen MR) is 75.9 cm³/mol. The number of methoxy groups -OCH3 is 1. The van der Waals surface area contributed by atoms with Gasteiger partial charge in [-0.25, -0.2) is 4.98 Å². The van der Waals surface area contributed by atoms with Gasteiger partial charge < -0.3 is 20.1 Å². The smallest absolute Gasteiger partial charge is 0.252 e. The highest BCUT2D eigenvalue weighted by atomic mass is 16.5. The third-order valence-corrected chi connectivity index (χ3v) is 3.45. The van der Waals surface area contributed by atoms with Gasteiger partial charge in [0, 0.05) is 39.4 Å². The summed E-state index contributed by atoms with van der Waals surface area (Å²) in [7, 11) is 1.65. The van der Waals surface area contributed by atoms with Crippen LogP contribution in [0.3, 0.4) is 0 Å². The van der Waals surface area contributed by atoms with Crippen LogP contribution in [-0.4, -0.2) is 49.9 Å². The van der Waals surface area contributed by atoms with Gasteiger partial charge in [0.25, 0.3) is 5.91 Å². The van der Waals surface area contributed by atoms with E-state index in [4.69, 9.17) is 9.47 Å². The molecule has 1 unspecified atom stereocenters. The molecule has 2 heterocycles. The molecule has 1 aliphatic rings. The number of nitrogens with one attached hydrogen (secondary N) is 2. The van der Waals surface area contributed by atoms with E-state index < -0.39 is 5.60 Å². The van der Waals surface area contributed by atoms with E-state index in [2.05, 4.69) is 15.6 Å². The second kappa shape index (κ2) is 6.67. The maximum Gasteiger partial charge on any atom is 0.252 e. The van der Waals surface area contributed by atoms with Crippen molar-refractivity contribution in [1.29, 1.82) is 0 Å². The Kier molecular flexibility index (Phi) is 4.92. The Balaban J connectivity index is 1.91. The average Bonchev–Trinajstić information content (AvgIpc) is 2.95. The molecule has 0 spiro atoms. The Hall–Kier alpha value is -1.66. The highest BCUT2D eigenvalue weighted by Crippen LogP contribution is 2.21. The number of nitrogens with zero attached hydrogens (tertiary/aromatic N) is 1. The second-order valence-electron chi connectivity index (χ2n) is 4.83. The van der Waals surface area contributed by atoms with Crippen LogP contribution in [0, 0.1) is 0 Å². The minimum absolute atomic E-state index is 0.149. The molecule has 0 saturated carbocycles. The van der Waals surface area contributed by atoms with E-state index in [-0.39, 0.29) is 5.91 Å². The number of hydrogen-bond acceptors (Lipinski definition) is 5. The van der Waals surface area contributed by atoms with Crippen LogP contribution in [0.25, 0.3) is 0 Å². The molecule has 1 aliphatic heterocycles. The van der Waals surface area contributed by atoms with Gasteiger partial charge in [0.1, 0.15) is 11.4 Å². The van der Waals surface area contributed by atoms with Crippen molar-refractivity contribution in [3.8, 4) is 0 Å². The summed E-state index contributed by atoms with van der Waals surface area (Å²) in [4.78, 5) is 16.2. The van der Waals surface area contributed by atoms with Crippen molar-refractivity contribution in [2.24, 2.45) is 0 Å². The molecule has 1 saturated heterocycles. The summed E-state index contributed by atoms with van der Waals surface area (Å²) in [5.74, 6) is 0.616. The average molecular weight is 279 g/mol. The summed E-state index contributed by atoms with van der Waals surface area (Å²) < 4.78 is 10.8. The second-order valence-corrected chi connectivity index (χ2v) is 4.83. The van der Waals surface area contributed by atoms with Gasteiger partial charge in [-0.3, -0.25) is 4.79 Å². The van der Waals surface area contributed by atoms with Gasteiger partial charge in [-0.05, 0) is 19.1 Å². The Bertz CT molecular complexity index is 441. The molecule has 20 heavy (non-hydrogen) atoms. The van der Waals surface area contributed by atoms with Crippen molar-refractivity contribution in [3.63, 3.8) is 0 Å². The summed E-state index contributed by atoms with van der Waals surface area (Å²) in [5.41, 5.74) is 0.143. The van der Waals surface area contributed by atoms with Crippen LogP contribution in [-0.2, 0) is 9.47 Å². The van der Waals surface area contributed by atoms with E-state index in [1.54, 1.807) is 25.4 Å². The van der Waals surface area contributed by atoms with Crippen LogP contribution in [0.15, 0.2) is 18.3 Å². The van der Waals surface area contributed by atoms with Crippen LogP contribution >= 0.6 is 0 Å². The largest absolute Gasteiger partial charge is 0.378 e. The van der Waals surface area contributed by atoms with Crippen LogP contribution in [0.1, 0.15) is 23.7 Å². The fourth-order valence-electron chi connectivity index (χ4n) is 2.12. The topological polar surface area (TPSA) is 72.5 Å². The van der Waals surface area contributed by atoms with Gasteiger partial charge in [-0.15, -0.1) is 0 Å². The molecular formula is C14H21N3O3. The number of pyridine rings is 1. The van der Waals surface area contributed by atoms with Gasteiger partial charge in [-0.2, -0.15) is 0 Å². The molecule has 1 amide bonds. The molecule has 2 N–H and O–H groups in total. The molecule has 6 heteroatoms. The molecule has 1 aromatic rings. The zero-order chi connectivity index (χ0) is 14.4. The van der Waals surface area contributed by atoms with E-state index in [1.165, 1.54) is 0 Å². The number of carbonyl (C=O) groups excluding carboxylic acids is 1. The van der Waals surface area contributed by atoms with Crippen molar-refractivity contribution in [3.05, 3.63) is 23.9 Å². The van der Waals surface area contributed by atoms with Gasteiger partial charge in [0.15, 0.2) is 0 Å². The third-order valence-electron chi connectivity index (χ3n) is 3.45. The molecule has 2 rings (SSSR count). The number of carbonyl (C=O) groups is 1. The fourth-order valence-corrected chi connectivity index (χ4v) is 2.12. The summed E-state index contributed by atoms with van der Waals surface area (Å²) in [6.45, 7) is 4.42. The minimum atomic E-state index is -0.396. The Morgan fingerprint density at radius 2 is 2.40 bits per heavy atom. The first-order valence-electron chi connectivity index (χ1n) is 6.80. The van der Waals surface area contributed by atoms with E-state index in [9.17, 15) is 4.79 Å².